The van der Waals surface area contributed by atoms with Crippen LogP contribution >= 0.6 is 0 Å². The van der Waals surface area contributed by atoms with Gasteiger partial charge in [-0.3, -0.25) is 4.79 Å². The van der Waals surface area contributed by atoms with Crippen molar-refractivity contribution in [2.75, 3.05) is 6.54 Å². The summed E-state index contributed by atoms with van der Waals surface area (Å²) >= 11 is 0. The van der Waals surface area contributed by atoms with Crippen molar-refractivity contribution in [2.24, 2.45) is 0 Å². The molecule has 0 saturated carbocycles. The molecule has 0 radical (unpaired) electrons. The number of aromatic nitrogens is 2. The van der Waals surface area contributed by atoms with E-state index in [-0.39, 0.29) is 5.91 Å². The highest BCUT2D eigenvalue weighted by atomic mass is 16.1. The quantitative estimate of drug-likeness (QED) is 0.716. The fraction of sp³-hybridized carbons (Fsp3) is 0.238. The van der Waals surface area contributed by atoms with Gasteiger partial charge in [-0.1, -0.05) is 55.5 Å². The largest absolute Gasteiger partial charge is 0.355 e. The molecular formula is C21H23N3O. The third-order valence-corrected chi connectivity index (χ3v) is 4.27. The average Bonchev–Trinajstić information content (AvgIpc) is 3.15. The number of nitrogens with one attached hydrogen (secondary N) is 1. The summed E-state index contributed by atoms with van der Waals surface area (Å²) in [5.74, 6) is 0.390. The number of carbonyl (C=O) groups is 1. The van der Waals surface area contributed by atoms with Gasteiger partial charge in [-0.05, 0) is 35.6 Å². The zero-order valence-electron chi connectivity index (χ0n) is 14.4. The zero-order chi connectivity index (χ0) is 17.5. The zero-order valence-corrected chi connectivity index (χ0v) is 14.4. The lowest BCUT2D eigenvalue weighted by Crippen LogP contribution is -2.27. The van der Waals surface area contributed by atoms with E-state index in [0.29, 0.717) is 25.3 Å². The molecule has 25 heavy (non-hydrogen) atoms. The summed E-state index contributed by atoms with van der Waals surface area (Å²) in [5.41, 5.74) is 3.33. The molecule has 3 aromatic rings. The van der Waals surface area contributed by atoms with Crippen LogP contribution in [0.4, 0.5) is 0 Å². The minimum absolute atomic E-state index is 0.0789. The van der Waals surface area contributed by atoms with E-state index in [1.54, 1.807) is 0 Å². The van der Waals surface area contributed by atoms with Crippen molar-refractivity contribution < 1.29 is 4.79 Å². The Morgan fingerprint density at radius 3 is 2.48 bits per heavy atom. The van der Waals surface area contributed by atoms with Crippen molar-refractivity contribution in [2.45, 2.75) is 25.7 Å². The monoisotopic (exact) mass is 333 g/mol. The van der Waals surface area contributed by atoms with E-state index in [2.05, 4.69) is 29.5 Å². The molecule has 0 aliphatic carbocycles. The number of rotatable bonds is 7. The fourth-order valence-corrected chi connectivity index (χ4v) is 2.72. The smallest absolute Gasteiger partial charge is 0.220 e. The van der Waals surface area contributed by atoms with E-state index in [1.165, 1.54) is 5.56 Å². The summed E-state index contributed by atoms with van der Waals surface area (Å²) in [6.45, 7) is 2.78. The highest BCUT2D eigenvalue weighted by molar-refractivity contribution is 5.76. The topological polar surface area (TPSA) is 46.9 Å². The Morgan fingerprint density at radius 2 is 1.76 bits per heavy atom. The van der Waals surface area contributed by atoms with Crippen LogP contribution < -0.4 is 5.32 Å². The van der Waals surface area contributed by atoms with Crippen LogP contribution in [0.25, 0.3) is 5.69 Å². The Hall–Kier alpha value is -2.88. The molecule has 1 heterocycles. The van der Waals surface area contributed by atoms with Gasteiger partial charge in [-0.15, -0.1) is 0 Å². The van der Waals surface area contributed by atoms with Crippen LogP contribution in [0, 0.1) is 0 Å². The maximum absolute atomic E-state index is 12.1. The molecule has 1 aromatic heterocycles. The first-order valence-corrected chi connectivity index (χ1v) is 8.63. The standard InChI is InChI=1S/C21H23N3O/c1-17(19-8-4-2-5-9-19)14-22-21(25)13-12-18-15-23-24(16-18)20-10-6-3-7-11-20/h2-11,15-17H,12-14H2,1H3,(H,22,25). The van der Waals surface area contributed by atoms with Crippen LogP contribution in [-0.2, 0) is 11.2 Å². The maximum Gasteiger partial charge on any atom is 0.220 e. The Bertz CT molecular complexity index is 796. The van der Waals surface area contributed by atoms with Gasteiger partial charge in [0.15, 0.2) is 0 Å². The SMILES string of the molecule is CC(CNC(=O)CCc1cnn(-c2ccccc2)c1)c1ccccc1. The van der Waals surface area contributed by atoms with Gasteiger partial charge >= 0.3 is 0 Å². The van der Waals surface area contributed by atoms with Gasteiger partial charge < -0.3 is 5.32 Å². The van der Waals surface area contributed by atoms with Crippen LogP contribution in [0.15, 0.2) is 73.1 Å². The van der Waals surface area contributed by atoms with Crippen molar-refractivity contribution in [3.8, 4) is 5.69 Å². The Balaban J connectivity index is 1.46. The van der Waals surface area contributed by atoms with Gasteiger partial charge in [0, 0.05) is 19.2 Å². The molecule has 1 amide bonds. The number of para-hydroxylation sites is 1. The molecule has 0 aliphatic heterocycles. The molecule has 2 aromatic carbocycles. The summed E-state index contributed by atoms with van der Waals surface area (Å²) in [6.07, 6.45) is 4.97. The third kappa shape index (κ3) is 4.80. The predicted octanol–water partition coefficient (Wildman–Crippen LogP) is 3.72. The molecule has 4 heteroatoms. The summed E-state index contributed by atoms with van der Waals surface area (Å²) < 4.78 is 1.84. The van der Waals surface area contributed by atoms with Crippen LogP contribution in [0.2, 0.25) is 0 Å². The fourth-order valence-electron chi connectivity index (χ4n) is 2.72. The summed E-state index contributed by atoms with van der Waals surface area (Å²) in [4.78, 5) is 12.1. The highest BCUT2D eigenvalue weighted by Crippen LogP contribution is 2.13. The minimum Gasteiger partial charge on any atom is -0.355 e. The lowest BCUT2D eigenvalue weighted by Gasteiger charge is -2.12. The summed E-state index contributed by atoms with van der Waals surface area (Å²) in [5, 5.41) is 7.39. The van der Waals surface area contributed by atoms with Gasteiger partial charge in [0.05, 0.1) is 11.9 Å². The first-order chi connectivity index (χ1) is 12.2. The second-order valence-electron chi connectivity index (χ2n) is 6.24. The molecule has 0 fully saturated rings. The molecule has 0 spiro atoms. The Labute approximate surface area is 148 Å². The molecular weight excluding hydrogens is 310 g/mol. The summed E-state index contributed by atoms with van der Waals surface area (Å²) in [7, 11) is 0. The number of hydrogen-bond acceptors (Lipinski definition) is 2. The predicted molar refractivity (Wildman–Crippen MR) is 99.8 cm³/mol. The molecule has 1 N–H and O–H groups in total. The van der Waals surface area contributed by atoms with Gasteiger partial charge in [0.25, 0.3) is 0 Å². The molecule has 1 atom stereocenters. The van der Waals surface area contributed by atoms with Gasteiger partial charge in [0.2, 0.25) is 5.91 Å². The second kappa shape index (κ2) is 8.29. The van der Waals surface area contributed by atoms with Crippen molar-refractivity contribution in [3.05, 3.63) is 84.2 Å². The first-order valence-electron chi connectivity index (χ1n) is 8.63. The van der Waals surface area contributed by atoms with Crippen LogP contribution in [0.5, 0.6) is 0 Å². The third-order valence-electron chi connectivity index (χ3n) is 4.27. The first kappa shape index (κ1) is 17.0. The van der Waals surface area contributed by atoms with E-state index in [0.717, 1.165) is 11.3 Å². The van der Waals surface area contributed by atoms with E-state index in [4.69, 9.17) is 0 Å². The normalized spacial score (nSPS) is 11.9. The number of amides is 1. The van der Waals surface area contributed by atoms with E-state index in [1.807, 2.05) is 65.6 Å². The Morgan fingerprint density at radius 1 is 1.08 bits per heavy atom. The van der Waals surface area contributed by atoms with Crippen molar-refractivity contribution in [3.63, 3.8) is 0 Å². The number of hydrogen-bond donors (Lipinski definition) is 1. The van der Waals surface area contributed by atoms with Crippen LogP contribution in [-0.4, -0.2) is 22.2 Å². The van der Waals surface area contributed by atoms with Gasteiger partial charge in [0.1, 0.15) is 0 Å². The van der Waals surface area contributed by atoms with Crippen LogP contribution in [0.3, 0.4) is 0 Å². The minimum atomic E-state index is 0.0789. The number of aryl methyl sites for hydroxylation is 1. The van der Waals surface area contributed by atoms with E-state index < -0.39 is 0 Å². The summed E-state index contributed by atoms with van der Waals surface area (Å²) in [6, 6.07) is 20.2. The lowest BCUT2D eigenvalue weighted by atomic mass is 10.0. The van der Waals surface area contributed by atoms with Gasteiger partial charge in [-0.25, -0.2) is 4.68 Å². The van der Waals surface area contributed by atoms with Crippen LogP contribution in [0.1, 0.15) is 30.4 Å². The molecule has 3 rings (SSSR count). The molecule has 0 bridgehead atoms. The van der Waals surface area contributed by atoms with Crippen molar-refractivity contribution >= 4 is 5.91 Å². The average molecular weight is 333 g/mol. The Kier molecular flexibility index (Phi) is 5.62. The molecule has 128 valence electrons. The molecule has 0 aliphatic rings. The number of benzene rings is 2. The van der Waals surface area contributed by atoms with E-state index in [9.17, 15) is 4.79 Å². The number of nitrogens with zero attached hydrogens (tertiary/aromatic N) is 2. The molecule has 1 unspecified atom stereocenters. The lowest BCUT2D eigenvalue weighted by molar-refractivity contribution is -0.121. The van der Waals surface area contributed by atoms with Gasteiger partial charge in [-0.2, -0.15) is 5.10 Å². The number of carbonyl (C=O) groups excluding carboxylic acids is 1. The van der Waals surface area contributed by atoms with E-state index >= 15 is 0 Å². The van der Waals surface area contributed by atoms with Crippen molar-refractivity contribution in [1.29, 1.82) is 0 Å². The second-order valence-corrected chi connectivity index (χ2v) is 6.24. The highest BCUT2D eigenvalue weighted by Gasteiger charge is 2.08. The van der Waals surface area contributed by atoms with Crippen molar-refractivity contribution in [1.82, 2.24) is 15.1 Å². The molecule has 4 nitrogen and oxygen atoms in total. The molecule has 0 saturated heterocycles. The maximum atomic E-state index is 12.1.